The van der Waals surface area contributed by atoms with Crippen molar-refractivity contribution in [1.29, 1.82) is 5.41 Å². The van der Waals surface area contributed by atoms with E-state index < -0.39 is 0 Å². The van der Waals surface area contributed by atoms with Crippen molar-refractivity contribution in [2.24, 2.45) is 16.5 Å². The average Bonchev–Trinajstić information content (AvgIpc) is 2.64. The van der Waals surface area contributed by atoms with E-state index in [2.05, 4.69) is 4.99 Å². The molecule has 1 aliphatic heterocycles. The highest BCUT2D eigenvalue weighted by Gasteiger charge is 2.40. The fourth-order valence-corrected chi connectivity index (χ4v) is 3.83. The molecule has 1 atom stereocenters. The zero-order valence-corrected chi connectivity index (χ0v) is 10.8. The molecular weight excluding hydrogens is 236 g/mol. The van der Waals surface area contributed by atoms with Crippen LogP contribution in [0.3, 0.4) is 0 Å². The molecule has 6 heteroatoms. The first kappa shape index (κ1) is 12.7. The molecule has 0 aromatic carbocycles. The summed E-state index contributed by atoms with van der Waals surface area (Å²) in [6.45, 7) is 0.798. The first-order chi connectivity index (χ1) is 8.10. The van der Waals surface area contributed by atoms with Gasteiger partial charge in [-0.15, -0.1) is 0 Å². The lowest BCUT2D eigenvalue weighted by molar-refractivity contribution is -0.0702. The van der Waals surface area contributed by atoms with E-state index in [1.165, 1.54) is 37.4 Å². The molecule has 5 N–H and O–H groups in total. The number of amidine groups is 1. The zero-order valence-electron chi connectivity index (χ0n) is 9.95. The van der Waals surface area contributed by atoms with Crippen LogP contribution in [-0.4, -0.2) is 28.6 Å². The molecule has 1 aliphatic carbocycles. The number of nitrogens with zero attached hydrogens (tertiary/aromatic N) is 1. The van der Waals surface area contributed by atoms with Crippen molar-refractivity contribution < 1.29 is 4.74 Å². The Balaban J connectivity index is 1.89. The van der Waals surface area contributed by atoms with Crippen molar-refractivity contribution in [3.05, 3.63) is 0 Å². The Kier molecular flexibility index (Phi) is 3.93. The van der Waals surface area contributed by atoms with Gasteiger partial charge in [0.1, 0.15) is 0 Å². The van der Waals surface area contributed by atoms with E-state index in [9.17, 15) is 0 Å². The summed E-state index contributed by atoms with van der Waals surface area (Å²) >= 11 is 1.47. The van der Waals surface area contributed by atoms with Crippen LogP contribution < -0.4 is 11.5 Å². The third kappa shape index (κ3) is 3.35. The first-order valence-electron chi connectivity index (χ1n) is 6.08. The van der Waals surface area contributed by atoms with Gasteiger partial charge in [0.05, 0.1) is 5.60 Å². The highest BCUT2D eigenvalue weighted by molar-refractivity contribution is 8.14. The Morgan fingerprint density at radius 3 is 2.71 bits per heavy atom. The molecule has 1 saturated heterocycles. The summed E-state index contributed by atoms with van der Waals surface area (Å²) in [5.41, 5.74) is 10.6. The summed E-state index contributed by atoms with van der Waals surface area (Å²) in [4.78, 5) is 3.76. The minimum atomic E-state index is -0.0369. The predicted molar refractivity (Wildman–Crippen MR) is 71.3 cm³/mol. The average molecular weight is 256 g/mol. The summed E-state index contributed by atoms with van der Waals surface area (Å²) in [6, 6.07) is 0. The first-order valence-corrected chi connectivity index (χ1v) is 6.96. The van der Waals surface area contributed by atoms with E-state index in [1.807, 2.05) is 0 Å². The number of guanidine groups is 1. The fraction of sp³-hybridized carbons (Fsp3) is 0.818. The SMILES string of the molecule is N=C(N=C(N)N)SC1CCOC2(CCCC2)C1. The number of thioether (sulfide) groups is 1. The lowest BCUT2D eigenvalue weighted by atomic mass is 9.92. The largest absolute Gasteiger partial charge is 0.375 e. The van der Waals surface area contributed by atoms with Crippen molar-refractivity contribution in [3.63, 3.8) is 0 Å². The molecule has 2 rings (SSSR count). The van der Waals surface area contributed by atoms with E-state index in [0.717, 1.165) is 19.4 Å². The summed E-state index contributed by atoms with van der Waals surface area (Å²) in [7, 11) is 0. The highest BCUT2D eigenvalue weighted by Crippen LogP contribution is 2.43. The van der Waals surface area contributed by atoms with Crippen molar-refractivity contribution in [2.45, 2.75) is 49.4 Å². The van der Waals surface area contributed by atoms with Gasteiger partial charge in [0.2, 0.25) is 0 Å². The van der Waals surface area contributed by atoms with E-state index in [4.69, 9.17) is 21.6 Å². The maximum Gasteiger partial charge on any atom is 0.193 e. The smallest absolute Gasteiger partial charge is 0.193 e. The van der Waals surface area contributed by atoms with E-state index in [-0.39, 0.29) is 16.7 Å². The fourth-order valence-electron chi connectivity index (χ4n) is 2.75. The summed E-state index contributed by atoms with van der Waals surface area (Å²) in [6.07, 6.45) is 6.87. The summed E-state index contributed by atoms with van der Waals surface area (Å²) in [5.74, 6) is -0.0369. The van der Waals surface area contributed by atoms with Crippen molar-refractivity contribution >= 4 is 22.9 Å². The molecule has 1 unspecified atom stereocenters. The van der Waals surface area contributed by atoms with Crippen LogP contribution >= 0.6 is 11.8 Å². The number of nitrogens with one attached hydrogen (secondary N) is 1. The number of ether oxygens (including phenoxy) is 1. The van der Waals surface area contributed by atoms with Crippen molar-refractivity contribution in [1.82, 2.24) is 0 Å². The Labute approximate surface area is 106 Å². The molecule has 0 aromatic rings. The molecule has 0 amide bonds. The molecule has 0 radical (unpaired) electrons. The monoisotopic (exact) mass is 256 g/mol. The topological polar surface area (TPSA) is 97.5 Å². The summed E-state index contributed by atoms with van der Waals surface area (Å²) < 4.78 is 5.95. The molecule has 5 nitrogen and oxygen atoms in total. The second kappa shape index (κ2) is 5.27. The summed E-state index contributed by atoms with van der Waals surface area (Å²) in [5, 5.41) is 8.32. The van der Waals surface area contributed by atoms with Crippen LogP contribution in [0, 0.1) is 5.41 Å². The molecule has 2 fully saturated rings. The van der Waals surface area contributed by atoms with E-state index in [1.54, 1.807) is 0 Å². The van der Waals surface area contributed by atoms with Gasteiger partial charge >= 0.3 is 0 Å². The zero-order chi connectivity index (χ0) is 12.3. The second-order valence-corrected chi connectivity index (χ2v) is 6.10. The molecule has 2 aliphatic rings. The Bertz CT molecular complexity index is 321. The molecule has 96 valence electrons. The van der Waals surface area contributed by atoms with Gasteiger partial charge in [-0.25, -0.2) is 0 Å². The third-order valence-corrected chi connectivity index (χ3v) is 4.52. The number of nitrogens with two attached hydrogens (primary N) is 2. The maximum atomic E-state index is 7.69. The Morgan fingerprint density at radius 1 is 1.35 bits per heavy atom. The molecule has 17 heavy (non-hydrogen) atoms. The van der Waals surface area contributed by atoms with Gasteiger partial charge in [-0.3, -0.25) is 5.41 Å². The second-order valence-electron chi connectivity index (χ2n) is 4.81. The molecule has 0 bridgehead atoms. The van der Waals surface area contributed by atoms with Gasteiger partial charge in [0.15, 0.2) is 11.1 Å². The van der Waals surface area contributed by atoms with Gasteiger partial charge in [0.25, 0.3) is 0 Å². The minimum Gasteiger partial charge on any atom is -0.375 e. The molecule has 1 spiro atoms. The van der Waals surface area contributed by atoms with Gasteiger partial charge in [0, 0.05) is 11.9 Å². The number of rotatable bonds is 1. The quantitative estimate of drug-likeness (QED) is 0.488. The Hall–Kier alpha value is -0.750. The molecular formula is C11H20N4OS. The highest BCUT2D eigenvalue weighted by atomic mass is 32.2. The third-order valence-electron chi connectivity index (χ3n) is 3.47. The lowest BCUT2D eigenvalue weighted by Crippen LogP contribution is -2.38. The van der Waals surface area contributed by atoms with Crippen LogP contribution in [0.4, 0.5) is 0 Å². The number of hydrogen-bond acceptors (Lipinski definition) is 3. The normalized spacial score (nSPS) is 26.9. The minimum absolute atomic E-state index is 0.0369. The standard InChI is InChI=1S/C11H20N4OS/c12-9(13)15-10(14)17-8-3-6-16-11(7-8)4-1-2-5-11/h8H,1-7H2,(H5,12,13,14,15). The van der Waals surface area contributed by atoms with Gasteiger partial charge < -0.3 is 16.2 Å². The molecule has 1 heterocycles. The van der Waals surface area contributed by atoms with Crippen LogP contribution in [0.1, 0.15) is 38.5 Å². The van der Waals surface area contributed by atoms with E-state index in [0.29, 0.717) is 5.25 Å². The van der Waals surface area contributed by atoms with Crippen molar-refractivity contribution in [2.75, 3.05) is 6.61 Å². The van der Waals surface area contributed by atoms with Gasteiger partial charge in [-0.05, 0) is 25.7 Å². The molecule has 0 aromatic heterocycles. The lowest BCUT2D eigenvalue weighted by Gasteiger charge is -2.37. The van der Waals surface area contributed by atoms with Crippen LogP contribution in [0.5, 0.6) is 0 Å². The van der Waals surface area contributed by atoms with Gasteiger partial charge in [-0.1, -0.05) is 24.6 Å². The maximum absolute atomic E-state index is 7.69. The van der Waals surface area contributed by atoms with Crippen LogP contribution in [0.25, 0.3) is 0 Å². The number of hydrogen-bond donors (Lipinski definition) is 3. The van der Waals surface area contributed by atoms with Crippen LogP contribution in [0.15, 0.2) is 4.99 Å². The molecule has 1 saturated carbocycles. The van der Waals surface area contributed by atoms with Crippen molar-refractivity contribution in [3.8, 4) is 0 Å². The Morgan fingerprint density at radius 2 is 2.06 bits per heavy atom. The van der Waals surface area contributed by atoms with Crippen LogP contribution in [0.2, 0.25) is 0 Å². The van der Waals surface area contributed by atoms with E-state index >= 15 is 0 Å². The van der Waals surface area contributed by atoms with Crippen LogP contribution in [-0.2, 0) is 4.74 Å². The predicted octanol–water partition coefficient (Wildman–Crippen LogP) is 1.42. The van der Waals surface area contributed by atoms with Gasteiger partial charge in [-0.2, -0.15) is 4.99 Å². The number of aliphatic imine (C=N–C) groups is 1.